The van der Waals surface area contributed by atoms with Crippen LogP contribution in [0.15, 0.2) is 35.4 Å². The molecule has 0 amide bonds. The molecule has 1 aromatic rings. The third-order valence-corrected chi connectivity index (χ3v) is 4.43. The van der Waals surface area contributed by atoms with Gasteiger partial charge >= 0.3 is 0 Å². The number of benzene rings is 1. The van der Waals surface area contributed by atoms with Crippen LogP contribution < -0.4 is 0 Å². The van der Waals surface area contributed by atoms with Gasteiger partial charge in [-0.1, -0.05) is 40.2 Å². The van der Waals surface area contributed by atoms with Gasteiger partial charge in [-0.05, 0) is 0 Å². The minimum absolute atomic E-state index is 0.0958. The van der Waals surface area contributed by atoms with Crippen LogP contribution in [0.25, 0.3) is 0 Å². The molecule has 6 heteroatoms. The van der Waals surface area contributed by atoms with Crippen molar-refractivity contribution in [2.75, 3.05) is 12.4 Å². The van der Waals surface area contributed by atoms with E-state index in [-0.39, 0.29) is 34.7 Å². The average Bonchev–Trinajstić information content (AvgIpc) is 2.57. The molecule has 2 unspecified atom stereocenters. The fraction of sp³-hybridized carbons (Fsp3) is 0.312. The topological polar surface area (TPSA) is 69.7 Å². The van der Waals surface area contributed by atoms with Gasteiger partial charge in [-0.2, -0.15) is 0 Å². The zero-order valence-corrected chi connectivity index (χ0v) is 13.4. The quantitative estimate of drug-likeness (QED) is 0.768. The molecular weight excluding hydrogens is 352 g/mol. The predicted octanol–water partition coefficient (Wildman–Crippen LogP) is 2.09. The maximum absolute atomic E-state index is 12.7. The van der Waals surface area contributed by atoms with E-state index in [4.69, 9.17) is 9.47 Å². The van der Waals surface area contributed by atoms with Crippen molar-refractivity contribution < 1.29 is 23.9 Å². The number of hydrogen-bond acceptors (Lipinski definition) is 5. The maximum Gasteiger partial charge on any atom is 0.195 e. The number of fused-ring (bicyclic) bond motifs is 1. The molecule has 0 saturated heterocycles. The number of methoxy groups -OCH3 is 1. The Balaban J connectivity index is 2.10. The summed E-state index contributed by atoms with van der Waals surface area (Å²) in [6.07, 6.45) is -1.69. The van der Waals surface area contributed by atoms with Gasteiger partial charge in [0.25, 0.3) is 0 Å². The first-order valence-electron chi connectivity index (χ1n) is 6.77. The average molecular weight is 365 g/mol. The summed E-state index contributed by atoms with van der Waals surface area (Å²) in [5.74, 6) is -0.697. The fourth-order valence-electron chi connectivity index (χ4n) is 2.80. The second-order valence-electron chi connectivity index (χ2n) is 5.09. The molecule has 0 fully saturated rings. The van der Waals surface area contributed by atoms with Gasteiger partial charge < -0.3 is 9.47 Å². The number of carbonyl (C=O) groups excluding carboxylic acids is 3. The van der Waals surface area contributed by atoms with Crippen molar-refractivity contribution in [1.82, 2.24) is 0 Å². The van der Waals surface area contributed by atoms with Crippen molar-refractivity contribution in [3.05, 3.63) is 46.5 Å². The molecule has 0 bridgehead atoms. The van der Waals surface area contributed by atoms with E-state index >= 15 is 0 Å². The van der Waals surface area contributed by atoms with Crippen LogP contribution in [0.3, 0.4) is 0 Å². The van der Waals surface area contributed by atoms with Crippen LogP contribution in [-0.2, 0) is 14.3 Å². The minimum Gasteiger partial charge on any atom is -0.351 e. The first-order chi connectivity index (χ1) is 10.6. The summed E-state index contributed by atoms with van der Waals surface area (Å²) in [5, 5.41) is 0.120. The maximum atomic E-state index is 12.7. The molecule has 2 atom stereocenters. The standard InChI is InChI=1S/C16H13BrO5/c1-21-16-13-10(6-12(22-16)11(18)7-17)14(19)8-4-2-3-5-9(8)15(13)20/h2-5,12,16H,6-7H2,1H3. The molecule has 1 aliphatic carbocycles. The van der Waals surface area contributed by atoms with Gasteiger partial charge in [-0.15, -0.1) is 0 Å². The second kappa shape index (κ2) is 5.87. The van der Waals surface area contributed by atoms with Gasteiger partial charge in [0.2, 0.25) is 0 Å². The first-order valence-corrected chi connectivity index (χ1v) is 7.89. The summed E-state index contributed by atoms with van der Waals surface area (Å²) in [5.41, 5.74) is 1.25. The normalized spacial score (nSPS) is 24.1. The van der Waals surface area contributed by atoms with Crippen LogP contribution in [-0.4, -0.2) is 42.2 Å². The number of carbonyl (C=O) groups is 3. The molecule has 22 heavy (non-hydrogen) atoms. The second-order valence-corrected chi connectivity index (χ2v) is 5.65. The molecule has 1 aliphatic heterocycles. The molecule has 0 radical (unpaired) electrons. The van der Waals surface area contributed by atoms with Gasteiger partial charge in [-0.3, -0.25) is 14.4 Å². The number of ether oxygens (including phenoxy) is 2. The molecule has 3 rings (SSSR count). The Morgan fingerprint density at radius 3 is 2.50 bits per heavy atom. The van der Waals surface area contributed by atoms with E-state index in [0.717, 1.165) is 0 Å². The third kappa shape index (κ3) is 2.27. The lowest BCUT2D eigenvalue weighted by Gasteiger charge is -2.33. The van der Waals surface area contributed by atoms with Crippen LogP contribution in [0.4, 0.5) is 0 Å². The summed E-state index contributed by atoms with van der Waals surface area (Å²) in [4.78, 5) is 37.2. The van der Waals surface area contributed by atoms with Gasteiger partial charge in [-0.25, -0.2) is 0 Å². The van der Waals surface area contributed by atoms with Gasteiger partial charge in [0, 0.05) is 30.2 Å². The summed E-state index contributed by atoms with van der Waals surface area (Å²) in [7, 11) is 1.38. The molecule has 2 aliphatic rings. The van der Waals surface area contributed by atoms with Gasteiger partial charge in [0.05, 0.1) is 10.9 Å². The van der Waals surface area contributed by atoms with E-state index in [0.29, 0.717) is 16.7 Å². The number of halogens is 1. The van der Waals surface area contributed by atoms with E-state index in [1.807, 2.05) is 0 Å². The number of Topliss-reactive ketones (excluding diaryl/α,β-unsaturated/α-hetero) is 3. The van der Waals surface area contributed by atoms with E-state index in [1.165, 1.54) is 7.11 Å². The van der Waals surface area contributed by atoms with E-state index in [9.17, 15) is 14.4 Å². The molecule has 5 nitrogen and oxygen atoms in total. The van der Waals surface area contributed by atoms with Crippen LogP contribution in [0.2, 0.25) is 0 Å². The predicted molar refractivity (Wildman–Crippen MR) is 81.2 cm³/mol. The van der Waals surface area contributed by atoms with Crippen LogP contribution >= 0.6 is 15.9 Å². The van der Waals surface area contributed by atoms with Gasteiger partial charge in [0.1, 0.15) is 6.10 Å². The van der Waals surface area contributed by atoms with Crippen molar-refractivity contribution in [3.63, 3.8) is 0 Å². The molecule has 0 saturated carbocycles. The Morgan fingerprint density at radius 1 is 1.27 bits per heavy atom. The van der Waals surface area contributed by atoms with Gasteiger partial charge in [0.15, 0.2) is 23.6 Å². The SMILES string of the molecule is COC1OC(C(=O)CBr)CC2=C1C(=O)c1ccccc1C2=O. The number of rotatable bonds is 3. The zero-order chi connectivity index (χ0) is 15.9. The lowest BCUT2D eigenvalue weighted by molar-refractivity contribution is -0.157. The number of ketones is 3. The Labute approximate surface area is 135 Å². The first kappa shape index (κ1) is 15.3. The lowest BCUT2D eigenvalue weighted by Crippen LogP contribution is -2.42. The van der Waals surface area contributed by atoms with Crippen molar-refractivity contribution in [2.24, 2.45) is 0 Å². The van der Waals surface area contributed by atoms with Crippen molar-refractivity contribution >= 4 is 33.3 Å². The molecule has 0 spiro atoms. The highest BCUT2D eigenvalue weighted by Gasteiger charge is 2.43. The van der Waals surface area contributed by atoms with Crippen LogP contribution in [0, 0.1) is 0 Å². The zero-order valence-electron chi connectivity index (χ0n) is 11.8. The van der Waals surface area contributed by atoms with Crippen LogP contribution in [0.5, 0.6) is 0 Å². The van der Waals surface area contributed by atoms with E-state index in [1.54, 1.807) is 24.3 Å². The molecule has 114 valence electrons. The minimum atomic E-state index is -0.999. The van der Waals surface area contributed by atoms with E-state index < -0.39 is 12.4 Å². The Morgan fingerprint density at radius 2 is 1.91 bits per heavy atom. The lowest BCUT2D eigenvalue weighted by atomic mass is 9.80. The highest BCUT2D eigenvalue weighted by atomic mass is 79.9. The Hall–Kier alpha value is -1.63. The smallest absolute Gasteiger partial charge is 0.195 e. The highest BCUT2D eigenvalue weighted by Crippen LogP contribution is 2.36. The van der Waals surface area contributed by atoms with Crippen molar-refractivity contribution in [3.8, 4) is 0 Å². The summed E-state index contributed by atoms with van der Waals surface area (Å²) >= 11 is 3.09. The molecule has 1 aromatic carbocycles. The summed E-state index contributed by atoms with van der Waals surface area (Å²) in [6.45, 7) is 0. The number of hydrogen-bond donors (Lipinski definition) is 0. The van der Waals surface area contributed by atoms with E-state index in [2.05, 4.69) is 15.9 Å². The van der Waals surface area contributed by atoms with Crippen molar-refractivity contribution in [1.29, 1.82) is 0 Å². The molecule has 0 aromatic heterocycles. The third-order valence-electron chi connectivity index (χ3n) is 3.88. The highest BCUT2D eigenvalue weighted by molar-refractivity contribution is 9.09. The molecule has 1 heterocycles. The fourth-order valence-corrected chi connectivity index (χ4v) is 3.16. The Kier molecular flexibility index (Phi) is 4.08. The monoisotopic (exact) mass is 364 g/mol. The Bertz CT molecular complexity index is 706. The number of alkyl halides is 1. The summed E-state index contributed by atoms with van der Waals surface area (Å²) in [6, 6.07) is 6.65. The largest absolute Gasteiger partial charge is 0.351 e. The van der Waals surface area contributed by atoms with Crippen molar-refractivity contribution in [2.45, 2.75) is 18.8 Å². The molecular formula is C16H13BrO5. The molecule has 0 N–H and O–H groups in total. The summed E-state index contributed by atoms with van der Waals surface area (Å²) < 4.78 is 10.8. The van der Waals surface area contributed by atoms with Crippen LogP contribution in [0.1, 0.15) is 27.1 Å².